The van der Waals surface area contributed by atoms with Crippen LogP contribution in [0.3, 0.4) is 0 Å². The molecule has 0 aliphatic rings. The first-order valence-corrected chi connectivity index (χ1v) is 5.68. The number of hydrogen-bond donors (Lipinski definition) is 0. The molecule has 0 saturated carbocycles. The van der Waals surface area contributed by atoms with Gasteiger partial charge in [-0.2, -0.15) is 0 Å². The van der Waals surface area contributed by atoms with Gasteiger partial charge in [-0.25, -0.2) is 8.78 Å². The summed E-state index contributed by atoms with van der Waals surface area (Å²) in [6, 6.07) is 16.7. The van der Waals surface area contributed by atoms with Crippen molar-refractivity contribution in [3.63, 3.8) is 0 Å². The Morgan fingerprint density at radius 1 is 0.667 bits per heavy atom. The second kappa shape index (κ2) is 4.22. The van der Waals surface area contributed by atoms with E-state index in [4.69, 9.17) is 0 Å². The average molecular weight is 240 g/mol. The summed E-state index contributed by atoms with van der Waals surface area (Å²) in [5.41, 5.74) is 1.36. The van der Waals surface area contributed by atoms with Crippen LogP contribution in [-0.4, -0.2) is 0 Å². The van der Waals surface area contributed by atoms with Gasteiger partial charge in [0.1, 0.15) is 11.6 Å². The molecule has 3 rings (SSSR count). The lowest BCUT2D eigenvalue weighted by Gasteiger charge is -2.05. The minimum Gasteiger partial charge on any atom is -0.207 e. The molecule has 0 radical (unpaired) electrons. The van der Waals surface area contributed by atoms with Crippen molar-refractivity contribution in [3.05, 3.63) is 72.3 Å². The van der Waals surface area contributed by atoms with Gasteiger partial charge in [-0.15, -0.1) is 0 Å². The molecular weight excluding hydrogens is 230 g/mol. The Kier molecular flexibility index (Phi) is 2.56. The molecule has 0 fully saturated rings. The molecule has 18 heavy (non-hydrogen) atoms. The van der Waals surface area contributed by atoms with Crippen molar-refractivity contribution in [2.45, 2.75) is 0 Å². The fourth-order valence-corrected chi connectivity index (χ4v) is 2.08. The minimum atomic E-state index is -0.263. The molecule has 0 atom stereocenters. The maximum atomic E-state index is 13.7. The number of halogens is 2. The number of fused-ring (bicyclic) bond motifs is 1. The molecule has 0 heterocycles. The van der Waals surface area contributed by atoms with Crippen LogP contribution in [0.4, 0.5) is 8.78 Å². The van der Waals surface area contributed by atoms with E-state index in [0.29, 0.717) is 5.56 Å². The van der Waals surface area contributed by atoms with Gasteiger partial charge in [0.05, 0.1) is 0 Å². The van der Waals surface area contributed by atoms with Gasteiger partial charge in [0.2, 0.25) is 0 Å². The van der Waals surface area contributed by atoms with Crippen molar-refractivity contribution in [1.82, 2.24) is 0 Å². The summed E-state index contributed by atoms with van der Waals surface area (Å²) in [5.74, 6) is -0.514. The van der Waals surface area contributed by atoms with Crippen LogP contribution >= 0.6 is 0 Å². The summed E-state index contributed by atoms with van der Waals surface area (Å²) in [7, 11) is 0. The summed E-state index contributed by atoms with van der Waals surface area (Å²) in [4.78, 5) is 0. The van der Waals surface area contributed by atoms with Crippen LogP contribution in [0.1, 0.15) is 0 Å². The average Bonchev–Trinajstić information content (AvgIpc) is 2.39. The predicted octanol–water partition coefficient (Wildman–Crippen LogP) is 4.79. The molecular formula is C16H10F2. The summed E-state index contributed by atoms with van der Waals surface area (Å²) < 4.78 is 26.7. The largest absolute Gasteiger partial charge is 0.207 e. The Balaban J connectivity index is 2.20. The van der Waals surface area contributed by atoms with Crippen LogP contribution in [0.15, 0.2) is 60.7 Å². The predicted molar refractivity (Wildman–Crippen MR) is 69.3 cm³/mol. The van der Waals surface area contributed by atoms with E-state index < -0.39 is 0 Å². The molecule has 3 aromatic rings. The van der Waals surface area contributed by atoms with Gasteiger partial charge in [-0.05, 0) is 40.6 Å². The van der Waals surface area contributed by atoms with Crippen LogP contribution < -0.4 is 0 Å². The van der Waals surface area contributed by atoms with Crippen molar-refractivity contribution in [2.24, 2.45) is 0 Å². The summed E-state index contributed by atoms with van der Waals surface area (Å²) >= 11 is 0. The van der Waals surface area contributed by atoms with Gasteiger partial charge in [-0.1, -0.05) is 36.4 Å². The number of hydrogen-bond acceptors (Lipinski definition) is 0. The van der Waals surface area contributed by atoms with Gasteiger partial charge in [-0.3, -0.25) is 0 Å². The van der Waals surface area contributed by atoms with Crippen molar-refractivity contribution in [2.75, 3.05) is 0 Å². The van der Waals surface area contributed by atoms with Crippen LogP contribution in [-0.2, 0) is 0 Å². The van der Waals surface area contributed by atoms with Crippen LogP contribution in [0.2, 0.25) is 0 Å². The van der Waals surface area contributed by atoms with E-state index >= 15 is 0 Å². The maximum absolute atomic E-state index is 13.7. The fourth-order valence-electron chi connectivity index (χ4n) is 2.08. The Bertz CT molecular complexity index is 717. The Morgan fingerprint density at radius 2 is 1.39 bits per heavy atom. The molecule has 2 heteroatoms. The summed E-state index contributed by atoms with van der Waals surface area (Å²) in [6.45, 7) is 0. The number of benzene rings is 3. The molecule has 0 spiro atoms. The second-order valence-corrected chi connectivity index (χ2v) is 4.19. The molecule has 0 amide bonds. The SMILES string of the molecule is Fc1ccc2cc(-c3ccccc3F)ccc2c1. The lowest BCUT2D eigenvalue weighted by atomic mass is 10.0. The zero-order chi connectivity index (χ0) is 12.5. The lowest BCUT2D eigenvalue weighted by Crippen LogP contribution is -1.84. The molecule has 0 bridgehead atoms. The van der Waals surface area contributed by atoms with Crippen molar-refractivity contribution in [1.29, 1.82) is 0 Å². The smallest absolute Gasteiger partial charge is 0.131 e. The second-order valence-electron chi connectivity index (χ2n) is 4.19. The quantitative estimate of drug-likeness (QED) is 0.574. The first kappa shape index (κ1) is 10.9. The van der Waals surface area contributed by atoms with Gasteiger partial charge < -0.3 is 0 Å². The highest BCUT2D eigenvalue weighted by Gasteiger charge is 2.05. The van der Waals surface area contributed by atoms with E-state index in [2.05, 4.69) is 0 Å². The highest BCUT2D eigenvalue weighted by molar-refractivity contribution is 5.87. The van der Waals surface area contributed by atoms with E-state index in [1.165, 1.54) is 18.2 Å². The van der Waals surface area contributed by atoms with E-state index in [0.717, 1.165) is 16.3 Å². The first-order valence-electron chi connectivity index (χ1n) is 5.68. The molecule has 0 saturated heterocycles. The van der Waals surface area contributed by atoms with E-state index in [1.807, 2.05) is 6.07 Å². The molecule has 0 nitrogen and oxygen atoms in total. The Labute approximate surface area is 104 Å². The van der Waals surface area contributed by atoms with Crippen LogP contribution in [0.5, 0.6) is 0 Å². The Morgan fingerprint density at radius 3 is 2.22 bits per heavy atom. The number of rotatable bonds is 1. The zero-order valence-electron chi connectivity index (χ0n) is 9.53. The van der Waals surface area contributed by atoms with Gasteiger partial charge in [0, 0.05) is 5.56 Å². The molecule has 88 valence electrons. The highest BCUT2D eigenvalue weighted by Crippen LogP contribution is 2.26. The van der Waals surface area contributed by atoms with E-state index in [1.54, 1.807) is 36.4 Å². The fraction of sp³-hybridized carbons (Fsp3) is 0. The van der Waals surface area contributed by atoms with Crippen molar-refractivity contribution < 1.29 is 8.78 Å². The molecule has 0 aliphatic carbocycles. The van der Waals surface area contributed by atoms with E-state index in [-0.39, 0.29) is 11.6 Å². The highest BCUT2D eigenvalue weighted by atomic mass is 19.1. The molecule has 0 N–H and O–H groups in total. The van der Waals surface area contributed by atoms with Crippen LogP contribution in [0.25, 0.3) is 21.9 Å². The van der Waals surface area contributed by atoms with Gasteiger partial charge >= 0.3 is 0 Å². The molecule has 0 aromatic heterocycles. The minimum absolute atomic E-state index is 0.251. The topological polar surface area (TPSA) is 0 Å². The third kappa shape index (κ3) is 1.86. The third-order valence-corrected chi connectivity index (χ3v) is 2.99. The maximum Gasteiger partial charge on any atom is 0.131 e. The molecule has 3 aromatic carbocycles. The lowest BCUT2D eigenvalue weighted by molar-refractivity contribution is 0.629. The molecule has 0 unspecified atom stereocenters. The normalized spacial score (nSPS) is 10.8. The monoisotopic (exact) mass is 240 g/mol. The van der Waals surface area contributed by atoms with Crippen LogP contribution in [0, 0.1) is 11.6 Å². The third-order valence-electron chi connectivity index (χ3n) is 2.99. The van der Waals surface area contributed by atoms with Crippen molar-refractivity contribution >= 4 is 10.8 Å². The zero-order valence-corrected chi connectivity index (χ0v) is 9.53. The standard InChI is InChI=1S/C16H10F2/c17-14-8-7-11-9-13(6-5-12(11)10-14)15-3-1-2-4-16(15)18/h1-10H. The van der Waals surface area contributed by atoms with E-state index in [9.17, 15) is 8.78 Å². The summed E-state index contributed by atoms with van der Waals surface area (Å²) in [5, 5.41) is 1.72. The van der Waals surface area contributed by atoms with Gasteiger partial charge in [0.25, 0.3) is 0 Å². The summed E-state index contributed by atoms with van der Waals surface area (Å²) in [6.07, 6.45) is 0. The van der Waals surface area contributed by atoms with Crippen molar-refractivity contribution in [3.8, 4) is 11.1 Å². The first-order chi connectivity index (χ1) is 8.74. The van der Waals surface area contributed by atoms with Gasteiger partial charge in [0.15, 0.2) is 0 Å². The Hall–Kier alpha value is -2.22. The molecule has 0 aliphatic heterocycles.